The van der Waals surface area contributed by atoms with Crippen molar-refractivity contribution in [1.82, 2.24) is 9.97 Å². The first kappa shape index (κ1) is 23.5. The molecule has 4 rings (SSSR count). The van der Waals surface area contributed by atoms with Gasteiger partial charge >= 0.3 is 5.97 Å². The van der Waals surface area contributed by atoms with Crippen LogP contribution in [0.25, 0.3) is 11.1 Å². The molecule has 2 aliphatic rings. The standard InChI is InChI=1S/C23H18Cl2FN3O3S/c1-10-11(2)20(27-12(3)18(10)14-4-5-17(24)28-19(14)22(31)32)29-21(30)15-8-13-6-7-23(25,26)9-16(13)33-15/h4-9,15H,1-3H3,(H,31,32)(H,27,29,30). The molecule has 0 radical (unpaired) electrons. The van der Waals surface area contributed by atoms with Crippen LogP contribution in [-0.4, -0.2) is 37.3 Å². The van der Waals surface area contributed by atoms with E-state index in [1.807, 2.05) is 6.92 Å². The average Bonchev–Trinajstić information content (AvgIpc) is 3.14. The molecule has 1 aliphatic carbocycles. The molecule has 3 heterocycles. The van der Waals surface area contributed by atoms with E-state index in [4.69, 9.17) is 23.2 Å². The summed E-state index contributed by atoms with van der Waals surface area (Å²) in [5.74, 6) is -1.14. The highest BCUT2D eigenvalue weighted by Crippen LogP contribution is 2.44. The van der Waals surface area contributed by atoms with Gasteiger partial charge in [-0.15, -0.1) is 11.8 Å². The molecule has 0 aromatic carbocycles. The number of fused-ring (bicyclic) bond motifs is 1. The molecule has 1 aliphatic heterocycles. The fraction of sp³-hybridized carbons (Fsp3) is 0.217. The van der Waals surface area contributed by atoms with Crippen LogP contribution in [0.5, 0.6) is 0 Å². The largest absolute Gasteiger partial charge is 0.476 e. The maximum Gasteiger partial charge on any atom is 0.355 e. The Morgan fingerprint density at radius 1 is 1.21 bits per heavy atom. The number of carbonyl (C=O) groups is 2. The summed E-state index contributed by atoms with van der Waals surface area (Å²) in [6.45, 7) is 5.35. The second-order valence-corrected chi connectivity index (χ2v) is 9.82. The predicted molar refractivity (Wildman–Crippen MR) is 129 cm³/mol. The number of pyridine rings is 2. The van der Waals surface area contributed by atoms with Crippen molar-refractivity contribution < 1.29 is 19.1 Å². The molecule has 0 saturated carbocycles. The summed E-state index contributed by atoms with van der Waals surface area (Å²) in [5.41, 5.74) is 3.56. The summed E-state index contributed by atoms with van der Waals surface area (Å²) in [6.07, 6.45) is 5.83. The van der Waals surface area contributed by atoms with E-state index in [-0.39, 0.29) is 16.8 Å². The zero-order valence-electron chi connectivity index (χ0n) is 17.7. The second-order valence-electron chi connectivity index (χ2n) is 7.67. The molecule has 2 aromatic rings. The Morgan fingerprint density at radius 2 is 1.94 bits per heavy atom. The zero-order chi connectivity index (χ0) is 24.1. The molecule has 0 fully saturated rings. The number of allylic oxidation sites excluding steroid dienone is 4. The summed E-state index contributed by atoms with van der Waals surface area (Å²) in [4.78, 5) is 33.7. The molecule has 2 atom stereocenters. The summed E-state index contributed by atoms with van der Waals surface area (Å²) >= 11 is 12.8. The number of nitrogens with zero attached hydrogens (tertiary/aromatic N) is 2. The SMILES string of the molecule is Cc1nc(NC(=O)C2C=C3C=CC(F)(Cl)C=C3S2)c(C)c(C)c1-c1ccc(Cl)nc1C(=O)O. The van der Waals surface area contributed by atoms with Gasteiger partial charge in [0.1, 0.15) is 16.2 Å². The molecule has 170 valence electrons. The number of alkyl halides is 2. The molecule has 0 bridgehead atoms. The fourth-order valence-corrected chi connectivity index (χ4v) is 5.29. The Balaban J connectivity index is 1.65. The monoisotopic (exact) mass is 505 g/mol. The Kier molecular flexibility index (Phi) is 6.11. The third-order valence-corrected chi connectivity index (χ3v) is 7.10. The molecule has 2 N–H and O–H groups in total. The summed E-state index contributed by atoms with van der Waals surface area (Å²) in [6, 6.07) is 3.12. The molecular formula is C23H18Cl2FN3O3S. The molecule has 33 heavy (non-hydrogen) atoms. The first-order valence-corrected chi connectivity index (χ1v) is 11.5. The topological polar surface area (TPSA) is 92.2 Å². The van der Waals surface area contributed by atoms with Gasteiger partial charge in [0, 0.05) is 21.7 Å². The maximum atomic E-state index is 14.0. The van der Waals surface area contributed by atoms with Crippen molar-refractivity contribution in [1.29, 1.82) is 0 Å². The third-order valence-electron chi connectivity index (χ3n) is 5.45. The molecule has 6 nitrogen and oxygen atoms in total. The summed E-state index contributed by atoms with van der Waals surface area (Å²) in [7, 11) is 0. The number of rotatable bonds is 4. The highest BCUT2D eigenvalue weighted by atomic mass is 35.5. The van der Waals surface area contributed by atoms with Crippen molar-refractivity contribution in [2.75, 3.05) is 5.32 Å². The van der Waals surface area contributed by atoms with Gasteiger partial charge in [-0.3, -0.25) is 4.79 Å². The van der Waals surface area contributed by atoms with Gasteiger partial charge in [0.25, 0.3) is 0 Å². The van der Waals surface area contributed by atoms with Crippen molar-refractivity contribution in [2.24, 2.45) is 0 Å². The first-order valence-electron chi connectivity index (χ1n) is 9.84. The van der Waals surface area contributed by atoms with Gasteiger partial charge in [-0.05, 0) is 61.8 Å². The number of aromatic carboxylic acids is 1. The van der Waals surface area contributed by atoms with Gasteiger partial charge in [-0.2, -0.15) is 0 Å². The van der Waals surface area contributed by atoms with E-state index >= 15 is 0 Å². The number of amides is 1. The highest BCUT2D eigenvalue weighted by Gasteiger charge is 2.33. The number of aromatic nitrogens is 2. The van der Waals surface area contributed by atoms with Crippen LogP contribution in [0.2, 0.25) is 5.15 Å². The van der Waals surface area contributed by atoms with Crippen LogP contribution < -0.4 is 5.32 Å². The van der Waals surface area contributed by atoms with E-state index in [2.05, 4.69) is 15.3 Å². The number of halogens is 3. The number of hydrogen-bond acceptors (Lipinski definition) is 5. The van der Waals surface area contributed by atoms with E-state index in [0.29, 0.717) is 33.1 Å². The molecular weight excluding hydrogens is 488 g/mol. The Morgan fingerprint density at radius 3 is 2.64 bits per heavy atom. The number of thioether (sulfide) groups is 1. The summed E-state index contributed by atoms with van der Waals surface area (Å²) < 4.78 is 14.0. The normalized spacial score (nSPS) is 21.3. The number of anilines is 1. The number of carbonyl (C=O) groups excluding carboxylic acids is 1. The number of carboxylic acid groups (broad SMARTS) is 1. The lowest BCUT2D eigenvalue weighted by atomic mass is 9.95. The van der Waals surface area contributed by atoms with Crippen molar-refractivity contribution in [3.05, 3.63) is 74.6 Å². The molecule has 2 aromatic heterocycles. The Hall–Kier alpha value is -2.68. The van der Waals surface area contributed by atoms with Crippen LogP contribution in [0.4, 0.5) is 10.2 Å². The van der Waals surface area contributed by atoms with Crippen molar-refractivity contribution in [2.45, 2.75) is 31.1 Å². The predicted octanol–water partition coefficient (Wildman–Crippen LogP) is 5.76. The van der Waals surface area contributed by atoms with Crippen LogP contribution >= 0.6 is 35.0 Å². The maximum absolute atomic E-state index is 14.0. The van der Waals surface area contributed by atoms with Gasteiger partial charge in [0.2, 0.25) is 11.0 Å². The lowest BCUT2D eigenvalue weighted by Crippen LogP contribution is -2.24. The van der Waals surface area contributed by atoms with Gasteiger partial charge < -0.3 is 10.4 Å². The zero-order valence-corrected chi connectivity index (χ0v) is 20.1. The minimum atomic E-state index is -2.06. The quantitative estimate of drug-likeness (QED) is 0.405. The number of carboxylic acids is 1. The van der Waals surface area contributed by atoms with Crippen molar-refractivity contribution >= 4 is 52.7 Å². The highest BCUT2D eigenvalue weighted by molar-refractivity contribution is 8.05. The van der Waals surface area contributed by atoms with Crippen LogP contribution in [0.15, 0.2) is 46.9 Å². The second kappa shape index (κ2) is 8.59. The average molecular weight is 506 g/mol. The molecule has 10 heteroatoms. The van der Waals surface area contributed by atoms with Crippen molar-refractivity contribution in [3.63, 3.8) is 0 Å². The smallest absolute Gasteiger partial charge is 0.355 e. The van der Waals surface area contributed by atoms with Gasteiger partial charge in [0.05, 0.1) is 0 Å². The van der Waals surface area contributed by atoms with Gasteiger partial charge in [-0.25, -0.2) is 19.2 Å². The Bertz CT molecular complexity index is 1300. The van der Waals surface area contributed by atoms with E-state index in [0.717, 1.165) is 11.1 Å². The van der Waals surface area contributed by atoms with Crippen molar-refractivity contribution in [3.8, 4) is 11.1 Å². The van der Waals surface area contributed by atoms with E-state index in [1.54, 1.807) is 32.1 Å². The number of hydrogen-bond donors (Lipinski definition) is 2. The summed E-state index contributed by atoms with van der Waals surface area (Å²) in [5, 5.41) is 9.87. The third kappa shape index (κ3) is 4.55. The lowest BCUT2D eigenvalue weighted by Gasteiger charge is -2.18. The van der Waals surface area contributed by atoms with Crippen LogP contribution in [0.1, 0.15) is 27.3 Å². The molecule has 0 saturated heterocycles. The van der Waals surface area contributed by atoms with E-state index in [1.165, 1.54) is 30.0 Å². The minimum absolute atomic E-state index is 0.0768. The van der Waals surface area contributed by atoms with E-state index in [9.17, 15) is 19.1 Å². The van der Waals surface area contributed by atoms with Gasteiger partial charge in [0.15, 0.2) is 5.69 Å². The van der Waals surface area contributed by atoms with Crippen LogP contribution in [0, 0.1) is 20.8 Å². The first-order chi connectivity index (χ1) is 15.5. The number of nitrogens with one attached hydrogen (secondary N) is 1. The molecule has 2 unspecified atom stereocenters. The van der Waals surface area contributed by atoms with Crippen LogP contribution in [-0.2, 0) is 4.79 Å². The van der Waals surface area contributed by atoms with Gasteiger partial charge in [-0.1, -0.05) is 35.4 Å². The minimum Gasteiger partial charge on any atom is -0.476 e. The fourth-order valence-electron chi connectivity index (χ4n) is 3.74. The number of aryl methyl sites for hydroxylation is 1. The molecule has 1 amide bonds. The molecule has 0 spiro atoms. The lowest BCUT2D eigenvalue weighted by molar-refractivity contribution is -0.115. The Labute approximate surface area is 203 Å². The van der Waals surface area contributed by atoms with Crippen LogP contribution in [0.3, 0.4) is 0 Å². The van der Waals surface area contributed by atoms with E-state index < -0.39 is 16.3 Å².